The number of nitrogens with zero attached hydrogens (tertiary/aromatic N) is 1. The average Bonchev–Trinajstić information content (AvgIpc) is 2.74. The SMILES string of the molecule is Nc1c2c(cc(=O)n1-c1ccc(OC(F)(F)F)cc1)C(=O)NC2=O. The van der Waals surface area contributed by atoms with E-state index in [1.807, 2.05) is 5.32 Å². The number of nitrogens with two attached hydrogens (primary N) is 1. The van der Waals surface area contributed by atoms with Crippen molar-refractivity contribution < 1.29 is 27.5 Å². The number of amides is 2. The molecule has 0 spiro atoms. The number of pyridine rings is 1. The summed E-state index contributed by atoms with van der Waals surface area (Å²) in [4.78, 5) is 35.4. The number of alkyl halides is 3. The first-order valence-corrected chi connectivity index (χ1v) is 6.45. The minimum atomic E-state index is -4.84. The lowest BCUT2D eigenvalue weighted by Gasteiger charge is -2.13. The third-order valence-corrected chi connectivity index (χ3v) is 3.28. The molecule has 0 bridgehead atoms. The van der Waals surface area contributed by atoms with Crippen LogP contribution >= 0.6 is 0 Å². The molecule has 2 amide bonds. The Morgan fingerprint density at radius 3 is 2.25 bits per heavy atom. The number of ether oxygens (including phenoxy) is 1. The smallest absolute Gasteiger partial charge is 0.406 e. The third kappa shape index (κ3) is 2.57. The van der Waals surface area contributed by atoms with Gasteiger partial charge in [-0.25, -0.2) is 0 Å². The van der Waals surface area contributed by atoms with Crippen LogP contribution in [0.2, 0.25) is 0 Å². The van der Waals surface area contributed by atoms with E-state index >= 15 is 0 Å². The second-order valence-corrected chi connectivity index (χ2v) is 4.82. The van der Waals surface area contributed by atoms with Crippen LogP contribution in [0, 0.1) is 0 Å². The Hall–Kier alpha value is -3.30. The molecule has 0 fully saturated rings. The van der Waals surface area contributed by atoms with Crippen LogP contribution in [-0.2, 0) is 0 Å². The van der Waals surface area contributed by atoms with Gasteiger partial charge in [0, 0.05) is 6.07 Å². The zero-order chi connectivity index (χ0) is 17.6. The number of halogens is 3. The number of carbonyl (C=O) groups is 2. The predicted molar refractivity (Wildman–Crippen MR) is 74.9 cm³/mol. The van der Waals surface area contributed by atoms with Crippen LogP contribution in [0.4, 0.5) is 19.0 Å². The monoisotopic (exact) mass is 339 g/mol. The van der Waals surface area contributed by atoms with Crippen LogP contribution in [0.25, 0.3) is 5.69 Å². The molecule has 1 aromatic heterocycles. The highest BCUT2D eigenvalue weighted by Crippen LogP contribution is 2.26. The first-order valence-electron chi connectivity index (χ1n) is 6.45. The molecular weight excluding hydrogens is 331 g/mol. The fourth-order valence-electron chi connectivity index (χ4n) is 2.34. The molecule has 1 aliphatic heterocycles. The van der Waals surface area contributed by atoms with Crippen LogP contribution in [-0.4, -0.2) is 22.7 Å². The molecular formula is C14H8F3N3O4. The summed E-state index contributed by atoms with van der Waals surface area (Å²) < 4.78 is 41.1. The first kappa shape index (κ1) is 15.6. The topological polar surface area (TPSA) is 103 Å². The van der Waals surface area contributed by atoms with Crippen molar-refractivity contribution in [3.05, 3.63) is 51.8 Å². The van der Waals surface area contributed by atoms with Gasteiger partial charge in [-0.05, 0) is 24.3 Å². The normalized spacial score (nSPS) is 13.6. The molecule has 0 radical (unpaired) electrons. The molecule has 0 saturated heterocycles. The van der Waals surface area contributed by atoms with Gasteiger partial charge in [-0.15, -0.1) is 13.2 Å². The Morgan fingerprint density at radius 2 is 1.67 bits per heavy atom. The molecule has 3 rings (SSSR count). The van der Waals surface area contributed by atoms with E-state index < -0.39 is 29.5 Å². The van der Waals surface area contributed by atoms with Crippen LogP contribution in [0.15, 0.2) is 35.1 Å². The van der Waals surface area contributed by atoms with Crippen molar-refractivity contribution in [3.63, 3.8) is 0 Å². The predicted octanol–water partition coefficient (Wildman–Crippen LogP) is 1.20. The van der Waals surface area contributed by atoms with E-state index in [9.17, 15) is 27.6 Å². The number of fused-ring (bicyclic) bond motifs is 1. The maximum Gasteiger partial charge on any atom is 0.573 e. The Morgan fingerprint density at radius 1 is 1.04 bits per heavy atom. The fraction of sp³-hybridized carbons (Fsp3) is 0.0714. The quantitative estimate of drug-likeness (QED) is 0.800. The van der Waals surface area contributed by atoms with E-state index in [1.165, 1.54) is 12.1 Å². The number of hydrogen-bond donors (Lipinski definition) is 2. The molecule has 3 N–H and O–H groups in total. The molecule has 0 saturated carbocycles. The number of carbonyl (C=O) groups excluding carboxylic acids is 2. The molecule has 2 aromatic rings. The number of anilines is 1. The van der Waals surface area contributed by atoms with Crippen molar-refractivity contribution in [1.82, 2.24) is 9.88 Å². The summed E-state index contributed by atoms with van der Waals surface area (Å²) in [5.41, 5.74) is 4.90. The molecule has 124 valence electrons. The molecule has 10 heteroatoms. The van der Waals surface area contributed by atoms with Gasteiger partial charge in [0.05, 0.1) is 16.8 Å². The zero-order valence-electron chi connectivity index (χ0n) is 11.7. The van der Waals surface area contributed by atoms with Crippen LogP contribution in [0.1, 0.15) is 20.7 Å². The number of nitrogen functional groups attached to an aromatic ring is 1. The van der Waals surface area contributed by atoms with E-state index in [0.717, 1.165) is 22.8 Å². The van der Waals surface area contributed by atoms with Gasteiger partial charge in [0.2, 0.25) is 0 Å². The molecule has 0 atom stereocenters. The largest absolute Gasteiger partial charge is 0.573 e. The number of hydrogen-bond acceptors (Lipinski definition) is 5. The van der Waals surface area contributed by atoms with Gasteiger partial charge >= 0.3 is 6.36 Å². The summed E-state index contributed by atoms with van der Waals surface area (Å²) in [6.07, 6.45) is -4.84. The van der Waals surface area contributed by atoms with Gasteiger partial charge < -0.3 is 10.5 Å². The number of benzene rings is 1. The maximum atomic E-state index is 12.1. The molecule has 7 nitrogen and oxygen atoms in total. The molecule has 0 unspecified atom stereocenters. The van der Waals surface area contributed by atoms with E-state index in [2.05, 4.69) is 4.74 Å². The minimum absolute atomic E-state index is 0.113. The highest BCUT2D eigenvalue weighted by molar-refractivity contribution is 6.23. The van der Waals surface area contributed by atoms with E-state index in [4.69, 9.17) is 5.73 Å². The van der Waals surface area contributed by atoms with E-state index in [-0.39, 0.29) is 22.6 Å². The van der Waals surface area contributed by atoms with Crippen molar-refractivity contribution in [2.75, 3.05) is 5.73 Å². The first-order chi connectivity index (χ1) is 11.2. The Kier molecular flexibility index (Phi) is 3.32. The number of nitrogens with one attached hydrogen (secondary N) is 1. The highest BCUT2D eigenvalue weighted by atomic mass is 19.4. The fourth-order valence-corrected chi connectivity index (χ4v) is 2.34. The van der Waals surface area contributed by atoms with Crippen molar-refractivity contribution in [1.29, 1.82) is 0 Å². The van der Waals surface area contributed by atoms with E-state index in [0.29, 0.717) is 0 Å². The van der Waals surface area contributed by atoms with Crippen LogP contribution < -0.4 is 21.3 Å². The third-order valence-electron chi connectivity index (χ3n) is 3.28. The summed E-state index contributed by atoms with van der Waals surface area (Å²) in [6.45, 7) is 0. The average molecular weight is 339 g/mol. The molecule has 1 aliphatic rings. The summed E-state index contributed by atoms with van der Waals surface area (Å²) >= 11 is 0. The molecule has 1 aromatic carbocycles. The Labute approximate surface area is 131 Å². The Balaban J connectivity index is 2.08. The number of aromatic nitrogens is 1. The second-order valence-electron chi connectivity index (χ2n) is 4.82. The van der Waals surface area contributed by atoms with Crippen molar-refractivity contribution >= 4 is 17.6 Å². The summed E-state index contributed by atoms with van der Waals surface area (Å²) in [5, 5.41) is 2.01. The maximum absolute atomic E-state index is 12.1. The van der Waals surface area contributed by atoms with E-state index in [1.54, 1.807) is 0 Å². The zero-order valence-corrected chi connectivity index (χ0v) is 11.7. The lowest BCUT2D eigenvalue weighted by atomic mass is 10.1. The van der Waals surface area contributed by atoms with Gasteiger partial charge in [0.15, 0.2) is 0 Å². The summed E-state index contributed by atoms with van der Waals surface area (Å²) in [5.74, 6) is -2.25. The number of imide groups is 1. The lowest BCUT2D eigenvalue weighted by Crippen LogP contribution is -2.24. The van der Waals surface area contributed by atoms with Crippen LogP contribution in [0.3, 0.4) is 0 Å². The summed E-state index contributed by atoms with van der Waals surface area (Å²) in [6, 6.07) is 5.26. The number of rotatable bonds is 2. The van der Waals surface area contributed by atoms with Crippen LogP contribution in [0.5, 0.6) is 5.75 Å². The summed E-state index contributed by atoms with van der Waals surface area (Å²) in [7, 11) is 0. The van der Waals surface area contributed by atoms with Gasteiger partial charge in [0.1, 0.15) is 11.6 Å². The molecule has 24 heavy (non-hydrogen) atoms. The van der Waals surface area contributed by atoms with Gasteiger partial charge in [-0.2, -0.15) is 0 Å². The van der Waals surface area contributed by atoms with Crippen molar-refractivity contribution in [2.45, 2.75) is 6.36 Å². The van der Waals surface area contributed by atoms with Gasteiger partial charge in [-0.1, -0.05) is 0 Å². The highest BCUT2D eigenvalue weighted by Gasteiger charge is 2.32. The molecule has 0 aliphatic carbocycles. The van der Waals surface area contributed by atoms with Gasteiger partial charge in [0.25, 0.3) is 17.4 Å². The Bertz CT molecular complexity index is 917. The standard InChI is InChI=1S/C14H8F3N3O4/c15-14(16,17)24-7-3-1-6(2-4-7)20-9(21)5-8-10(11(20)18)13(23)19-12(8)22/h1-5H,18H2,(H,19,22,23). The van der Waals surface area contributed by atoms with Gasteiger partial charge in [-0.3, -0.25) is 24.3 Å². The minimum Gasteiger partial charge on any atom is -0.406 e. The van der Waals surface area contributed by atoms with Crippen molar-refractivity contribution in [2.24, 2.45) is 0 Å². The van der Waals surface area contributed by atoms with Crippen molar-refractivity contribution in [3.8, 4) is 11.4 Å². The lowest BCUT2D eigenvalue weighted by molar-refractivity contribution is -0.274. The molecule has 2 heterocycles. The second kappa shape index (κ2) is 5.11.